The van der Waals surface area contributed by atoms with Crippen LogP contribution in [0.3, 0.4) is 0 Å². The van der Waals surface area contributed by atoms with Crippen molar-refractivity contribution in [2.75, 3.05) is 26.1 Å². The van der Waals surface area contributed by atoms with Crippen LogP contribution >= 0.6 is 0 Å². The van der Waals surface area contributed by atoms with E-state index in [0.29, 0.717) is 17.9 Å². The van der Waals surface area contributed by atoms with E-state index < -0.39 is 29.6 Å². The Morgan fingerprint density at radius 1 is 1.02 bits per heavy atom. The fraction of sp³-hybridized carbons (Fsp3) is 0.306. The van der Waals surface area contributed by atoms with Gasteiger partial charge in [-0.15, -0.1) is 0 Å². The second-order valence-corrected chi connectivity index (χ2v) is 11.9. The molecule has 0 bridgehead atoms. The van der Waals surface area contributed by atoms with Gasteiger partial charge in [-0.25, -0.2) is 4.98 Å². The predicted octanol–water partition coefficient (Wildman–Crippen LogP) is 5.02. The van der Waals surface area contributed by atoms with Gasteiger partial charge >= 0.3 is 0 Å². The third kappa shape index (κ3) is 6.62. The molecule has 3 heterocycles. The predicted molar refractivity (Wildman–Crippen MR) is 182 cm³/mol. The van der Waals surface area contributed by atoms with Gasteiger partial charge in [0, 0.05) is 12.3 Å². The summed E-state index contributed by atoms with van der Waals surface area (Å²) in [4.78, 5) is 36.5. The molecule has 1 saturated heterocycles. The zero-order chi connectivity index (χ0) is 34.5. The van der Waals surface area contributed by atoms with Crippen LogP contribution < -0.4 is 20.3 Å². The van der Waals surface area contributed by atoms with Gasteiger partial charge in [-0.3, -0.25) is 29.9 Å². The van der Waals surface area contributed by atoms with Gasteiger partial charge in [-0.2, -0.15) is 4.98 Å². The lowest BCUT2D eigenvalue weighted by Crippen LogP contribution is -2.38. The van der Waals surface area contributed by atoms with Crippen molar-refractivity contribution in [1.82, 2.24) is 19.5 Å². The van der Waals surface area contributed by atoms with Crippen molar-refractivity contribution in [2.24, 2.45) is 5.92 Å². The highest BCUT2D eigenvalue weighted by molar-refractivity contribution is 5.91. The van der Waals surface area contributed by atoms with Gasteiger partial charge in [0.25, 0.3) is 5.56 Å². The number of nitrogens with one attached hydrogen (secondary N) is 3. The molecule has 1 aliphatic rings. The van der Waals surface area contributed by atoms with Gasteiger partial charge in [0.1, 0.15) is 35.5 Å². The maximum absolute atomic E-state index is 12.9. The minimum Gasteiger partial charge on any atom is -0.497 e. The Morgan fingerprint density at radius 2 is 1.63 bits per heavy atom. The van der Waals surface area contributed by atoms with Crippen LogP contribution in [0, 0.1) is 11.3 Å². The zero-order valence-electron chi connectivity index (χ0n) is 27.6. The number of amides is 1. The lowest BCUT2D eigenvalue weighted by molar-refractivity contribution is -0.118. The van der Waals surface area contributed by atoms with Gasteiger partial charge in [0.2, 0.25) is 11.9 Å². The summed E-state index contributed by atoms with van der Waals surface area (Å²) in [6, 6.07) is 25.3. The van der Waals surface area contributed by atoms with Crippen LogP contribution in [-0.4, -0.2) is 64.9 Å². The third-order valence-corrected chi connectivity index (χ3v) is 8.57. The number of hydrogen-bond donors (Lipinski definition) is 3. The molecule has 3 N–H and O–H groups in total. The Balaban J connectivity index is 1.37. The molecular weight excluding hydrogens is 628 g/mol. The van der Waals surface area contributed by atoms with E-state index >= 15 is 0 Å². The third-order valence-electron chi connectivity index (χ3n) is 8.57. The largest absolute Gasteiger partial charge is 0.497 e. The molecule has 1 fully saturated rings. The molecule has 0 saturated carbocycles. The van der Waals surface area contributed by atoms with E-state index in [1.807, 2.05) is 78.9 Å². The molecule has 0 radical (unpaired) electrons. The highest BCUT2D eigenvalue weighted by atomic mass is 16.6. The summed E-state index contributed by atoms with van der Waals surface area (Å²) in [6.45, 7) is 3.53. The van der Waals surface area contributed by atoms with Crippen LogP contribution in [-0.2, 0) is 24.6 Å². The number of fused-ring (bicyclic) bond motifs is 1. The van der Waals surface area contributed by atoms with Gasteiger partial charge in [-0.1, -0.05) is 68.4 Å². The van der Waals surface area contributed by atoms with Crippen molar-refractivity contribution in [3.63, 3.8) is 0 Å². The number of aromatic amines is 1. The van der Waals surface area contributed by atoms with E-state index in [9.17, 15) is 9.59 Å². The molecule has 6 rings (SSSR count). The van der Waals surface area contributed by atoms with E-state index in [0.717, 1.165) is 23.1 Å². The summed E-state index contributed by atoms with van der Waals surface area (Å²) >= 11 is 0. The Hall–Kier alpha value is -5.53. The summed E-state index contributed by atoms with van der Waals surface area (Å²) in [5, 5.41) is 10.4. The normalized spacial score (nSPS) is 17.6. The van der Waals surface area contributed by atoms with Crippen LogP contribution in [0.1, 0.15) is 43.2 Å². The monoisotopic (exact) mass is 666 g/mol. The Labute approximate surface area is 282 Å². The quantitative estimate of drug-likeness (QED) is 0.0890. The second kappa shape index (κ2) is 14.3. The first-order valence-electron chi connectivity index (χ1n) is 15.8. The molecule has 13 nitrogen and oxygen atoms in total. The van der Waals surface area contributed by atoms with Crippen LogP contribution in [0.5, 0.6) is 11.5 Å². The number of imidazole rings is 1. The van der Waals surface area contributed by atoms with Crippen molar-refractivity contribution >= 4 is 29.4 Å². The molecule has 0 spiro atoms. The summed E-state index contributed by atoms with van der Waals surface area (Å²) in [6.07, 6.45) is 0.766. The highest BCUT2D eigenvalue weighted by Crippen LogP contribution is 2.43. The molecule has 1 aliphatic heterocycles. The number of nitrogens with zero attached hydrogens (tertiary/aromatic N) is 3. The average Bonchev–Trinajstić information content (AvgIpc) is 3.74. The number of anilines is 1. The van der Waals surface area contributed by atoms with Crippen molar-refractivity contribution in [3.8, 4) is 11.5 Å². The highest BCUT2D eigenvalue weighted by Gasteiger charge is 2.43. The van der Waals surface area contributed by atoms with Crippen LogP contribution in [0.15, 0.2) is 90.0 Å². The van der Waals surface area contributed by atoms with Crippen molar-refractivity contribution in [3.05, 3.63) is 112 Å². The lowest BCUT2D eigenvalue weighted by Gasteiger charge is -2.37. The molecule has 0 aliphatic carbocycles. The number of hydrogen-bond acceptors (Lipinski definition) is 10. The standard InChI is InChI=1S/C36H38N6O7/c1-22(2)33(43)40-35-39-32-31(34(44)41-35)38-21-42(32)30-18-28(47-20-37)29(49-30)19-48-36(23-8-6-5-7-9-23,24-10-14-26(45-3)15-11-24)25-12-16-27(46-4)17-13-25/h5-17,20-22,28-30,37H,18-19H2,1-4H3,(H2,39,40,41,43,44)/t28-,29+,30+/m0/s1. The SMILES string of the molecule is COc1ccc(C(OC[C@H]2O[C@@H](n3cnc4c(=O)[nH]c(NC(=O)C(C)C)nc43)C[C@@H]2OC=N)(c2ccccc2)c2ccc(OC)cc2)cc1. The zero-order valence-corrected chi connectivity index (χ0v) is 27.6. The number of carbonyl (C=O) groups is 1. The second-order valence-electron chi connectivity index (χ2n) is 11.9. The summed E-state index contributed by atoms with van der Waals surface area (Å²) in [5.74, 6) is 0.804. The van der Waals surface area contributed by atoms with Crippen LogP contribution in [0.4, 0.5) is 5.95 Å². The molecule has 2 aromatic heterocycles. The fourth-order valence-corrected chi connectivity index (χ4v) is 5.99. The maximum Gasteiger partial charge on any atom is 0.280 e. The average molecular weight is 667 g/mol. The summed E-state index contributed by atoms with van der Waals surface area (Å²) < 4.78 is 31.9. The minimum atomic E-state index is -1.10. The molecule has 5 aromatic rings. The van der Waals surface area contributed by atoms with Crippen molar-refractivity contribution in [2.45, 2.75) is 44.3 Å². The first-order valence-corrected chi connectivity index (χ1v) is 15.8. The molecule has 13 heteroatoms. The molecular formula is C36H38N6O7. The molecule has 3 aromatic carbocycles. The Kier molecular flexibility index (Phi) is 9.74. The number of aromatic nitrogens is 4. The Morgan fingerprint density at radius 3 is 2.20 bits per heavy atom. The number of methoxy groups -OCH3 is 2. The first-order chi connectivity index (χ1) is 23.8. The molecule has 254 valence electrons. The minimum absolute atomic E-state index is 0.00903. The number of benzene rings is 3. The number of ether oxygens (including phenoxy) is 5. The van der Waals surface area contributed by atoms with Crippen molar-refractivity contribution < 1.29 is 28.5 Å². The number of rotatable bonds is 13. The topological polar surface area (TPSA) is 163 Å². The van der Waals surface area contributed by atoms with Gasteiger partial charge in [0.05, 0.1) is 27.2 Å². The molecule has 1 amide bonds. The van der Waals surface area contributed by atoms with Crippen LogP contribution in [0.2, 0.25) is 0 Å². The van der Waals surface area contributed by atoms with Crippen LogP contribution in [0.25, 0.3) is 11.2 Å². The van der Waals surface area contributed by atoms with Gasteiger partial charge in [-0.05, 0) is 41.0 Å². The smallest absolute Gasteiger partial charge is 0.280 e. The maximum atomic E-state index is 12.9. The van der Waals surface area contributed by atoms with E-state index in [1.54, 1.807) is 32.6 Å². The van der Waals surface area contributed by atoms with Gasteiger partial charge in [0.15, 0.2) is 17.6 Å². The fourth-order valence-electron chi connectivity index (χ4n) is 5.99. The van der Waals surface area contributed by atoms with Gasteiger partial charge < -0.3 is 23.7 Å². The number of carbonyl (C=O) groups excluding carboxylic acids is 1. The number of H-pyrrole nitrogens is 1. The molecule has 49 heavy (non-hydrogen) atoms. The molecule has 3 atom stereocenters. The van der Waals surface area contributed by atoms with E-state index in [1.165, 1.54) is 6.33 Å². The van der Waals surface area contributed by atoms with Crippen molar-refractivity contribution in [1.29, 1.82) is 5.41 Å². The van der Waals surface area contributed by atoms with E-state index in [4.69, 9.17) is 29.1 Å². The first kappa shape index (κ1) is 33.4. The Bertz CT molecular complexity index is 1910. The van der Waals surface area contributed by atoms with E-state index in [2.05, 4.69) is 20.3 Å². The lowest BCUT2D eigenvalue weighted by atomic mass is 9.80. The van der Waals surface area contributed by atoms with E-state index in [-0.39, 0.29) is 35.5 Å². The summed E-state index contributed by atoms with van der Waals surface area (Å²) in [5.41, 5.74) is 1.31. The summed E-state index contributed by atoms with van der Waals surface area (Å²) in [7, 11) is 3.24. The molecule has 0 unspecified atom stereocenters.